The minimum absolute atomic E-state index is 0.0212. The molecule has 2 aromatic rings. The van der Waals surface area contributed by atoms with Crippen molar-refractivity contribution in [3.63, 3.8) is 0 Å². The van der Waals surface area contributed by atoms with Crippen LogP contribution in [0.2, 0.25) is 0 Å². The first-order chi connectivity index (χ1) is 9.97. The predicted octanol–water partition coefficient (Wildman–Crippen LogP) is 2.47. The number of imidazole rings is 1. The van der Waals surface area contributed by atoms with Crippen LogP contribution < -0.4 is 4.72 Å². The van der Waals surface area contributed by atoms with Crippen LogP contribution in [0.25, 0.3) is 0 Å². The summed E-state index contributed by atoms with van der Waals surface area (Å²) in [6.45, 7) is 4.38. The Morgan fingerprint density at radius 2 is 2.00 bits per heavy atom. The Morgan fingerprint density at radius 3 is 2.52 bits per heavy atom. The summed E-state index contributed by atoms with van der Waals surface area (Å²) in [7, 11) is -3.70. The minimum atomic E-state index is -3.70. The second kappa shape index (κ2) is 6.60. The Bertz CT molecular complexity index is 698. The van der Waals surface area contributed by atoms with Gasteiger partial charge in [0.1, 0.15) is 5.82 Å². The first-order valence-corrected chi connectivity index (χ1v) is 8.66. The van der Waals surface area contributed by atoms with Gasteiger partial charge in [-0.2, -0.15) is 0 Å². The first-order valence-electron chi connectivity index (χ1n) is 6.65. The molecule has 1 N–H and O–H groups in total. The maximum Gasteiger partial charge on any atom is 0.260 e. The number of hydrogen-bond donors (Lipinski definition) is 1. The SMILES string of the molecule is CCn1cc(S(=O)(=O)NC(CCl)c2ccccc2)nc1C. The monoisotopic (exact) mass is 327 g/mol. The van der Waals surface area contributed by atoms with Gasteiger partial charge in [-0.05, 0) is 19.4 Å². The molecule has 5 nitrogen and oxygen atoms in total. The van der Waals surface area contributed by atoms with E-state index in [4.69, 9.17) is 11.6 Å². The summed E-state index contributed by atoms with van der Waals surface area (Å²) < 4.78 is 29.2. The lowest BCUT2D eigenvalue weighted by atomic mass is 10.1. The molecule has 2 rings (SSSR count). The van der Waals surface area contributed by atoms with Gasteiger partial charge in [0.25, 0.3) is 10.0 Å². The van der Waals surface area contributed by atoms with Crippen LogP contribution in [0.15, 0.2) is 41.6 Å². The molecule has 0 aliphatic rings. The van der Waals surface area contributed by atoms with Gasteiger partial charge in [-0.3, -0.25) is 0 Å². The van der Waals surface area contributed by atoms with E-state index < -0.39 is 16.1 Å². The standard InChI is InChI=1S/C14H18ClN3O2S/c1-3-18-10-14(16-11(18)2)21(19,20)17-13(9-15)12-7-5-4-6-8-12/h4-8,10,13,17H,3,9H2,1-2H3. The highest BCUT2D eigenvalue weighted by atomic mass is 35.5. The molecule has 1 atom stereocenters. The summed E-state index contributed by atoms with van der Waals surface area (Å²) in [6.07, 6.45) is 1.54. The topological polar surface area (TPSA) is 64.0 Å². The van der Waals surface area contributed by atoms with Crippen molar-refractivity contribution in [3.8, 4) is 0 Å². The van der Waals surface area contributed by atoms with Crippen LogP contribution in [0.3, 0.4) is 0 Å². The number of halogens is 1. The summed E-state index contributed by atoms with van der Waals surface area (Å²) in [5.74, 6) is 0.816. The summed E-state index contributed by atoms with van der Waals surface area (Å²) in [6, 6.07) is 8.76. The van der Waals surface area contributed by atoms with E-state index >= 15 is 0 Å². The number of nitrogens with one attached hydrogen (secondary N) is 1. The Morgan fingerprint density at radius 1 is 1.33 bits per heavy atom. The Labute approximate surface area is 130 Å². The summed E-state index contributed by atoms with van der Waals surface area (Å²) >= 11 is 5.91. The molecule has 0 saturated heterocycles. The van der Waals surface area contributed by atoms with Gasteiger partial charge in [-0.25, -0.2) is 18.1 Å². The quantitative estimate of drug-likeness (QED) is 0.829. The molecule has 1 aromatic heterocycles. The van der Waals surface area contributed by atoms with Crippen LogP contribution in [-0.4, -0.2) is 23.8 Å². The average molecular weight is 328 g/mol. The van der Waals surface area contributed by atoms with Crippen molar-refractivity contribution in [2.45, 2.75) is 31.5 Å². The third-order valence-electron chi connectivity index (χ3n) is 3.22. The first kappa shape index (κ1) is 16.0. The van der Waals surface area contributed by atoms with Crippen molar-refractivity contribution in [1.82, 2.24) is 14.3 Å². The van der Waals surface area contributed by atoms with Crippen LogP contribution in [0.1, 0.15) is 24.4 Å². The van der Waals surface area contributed by atoms with Crippen molar-refractivity contribution in [1.29, 1.82) is 0 Å². The number of hydrogen-bond acceptors (Lipinski definition) is 3. The number of rotatable bonds is 6. The molecular formula is C14H18ClN3O2S. The highest BCUT2D eigenvalue weighted by molar-refractivity contribution is 7.89. The third kappa shape index (κ3) is 3.64. The maximum atomic E-state index is 12.4. The minimum Gasteiger partial charge on any atom is -0.334 e. The van der Waals surface area contributed by atoms with Gasteiger partial charge in [-0.1, -0.05) is 30.3 Å². The van der Waals surface area contributed by atoms with Gasteiger partial charge >= 0.3 is 0 Å². The van der Waals surface area contributed by atoms with E-state index in [1.165, 1.54) is 6.20 Å². The van der Waals surface area contributed by atoms with E-state index in [-0.39, 0.29) is 10.9 Å². The molecule has 0 spiro atoms. The zero-order chi connectivity index (χ0) is 15.5. The van der Waals surface area contributed by atoms with Gasteiger partial charge < -0.3 is 4.57 Å². The molecule has 7 heteroatoms. The zero-order valence-electron chi connectivity index (χ0n) is 12.0. The second-order valence-electron chi connectivity index (χ2n) is 4.65. The van der Waals surface area contributed by atoms with Crippen LogP contribution in [0.5, 0.6) is 0 Å². The van der Waals surface area contributed by atoms with E-state index in [1.54, 1.807) is 11.5 Å². The summed E-state index contributed by atoms with van der Waals surface area (Å²) in [4.78, 5) is 4.10. The summed E-state index contributed by atoms with van der Waals surface area (Å²) in [5, 5.41) is 0.0212. The second-order valence-corrected chi connectivity index (χ2v) is 6.62. The van der Waals surface area contributed by atoms with Gasteiger partial charge in [0, 0.05) is 18.6 Å². The van der Waals surface area contributed by atoms with Crippen molar-refractivity contribution < 1.29 is 8.42 Å². The number of alkyl halides is 1. The normalized spacial score (nSPS) is 13.3. The number of nitrogens with zero attached hydrogens (tertiary/aromatic N) is 2. The molecule has 1 aromatic carbocycles. The fourth-order valence-corrected chi connectivity index (χ4v) is 3.63. The maximum absolute atomic E-state index is 12.4. The Kier molecular flexibility index (Phi) is 5.03. The van der Waals surface area contributed by atoms with Crippen molar-refractivity contribution in [3.05, 3.63) is 47.9 Å². The van der Waals surface area contributed by atoms with Crippen LogP contribution >= 0.6 is 11.6 Å². The lowest BCUT2D eigenvalue weighted by Gasteiger charge is -2.15. The molecule has 21 heavy (non-hydrogen) atoms. The van der Waals surface area contributed by atoms with Gasteiger partial charge in [0.2, 0.25) is 0 Å². The molecule has 0 fully saturated rings. The lowest BCUT2D eigenvalue weighted by Crippen LogP contribution is -2.30. The highest BCUT2D eigenvalue weighted by Gasteiger charge is 2.23. The molecular weight excluding hydrogens is 310 g/mol. The molecule has 0 bridgehead atoms. The number of aromatic nitrogens is 2. The Balaban J connectivity index is 2.27. The molecule has 0 saturated carbocycles. The van der Waals surface area contributed by atoms with Crippen LogP contribution in [0.4, 0.5) is 0 Å². The fraction of sp³-hybridized carbons (Fsp3) is 0.357. The molecule has 1 heterocycles. The van der Waals surface area contributed by atoms with E-state index in [1.807, 2.05) is 37.3 Å². The van der Waals surface area contributed by atoms with Gasteiger partial charge in [-0.15, -0.1) is 11.6 Å². The molecule has 0 aliphatic carbocycles. The van der Waals surface area contributed by atoms with Crippen molar-refractivity contribution >= 4 is 21.6 Å². The lowest BCUT2D eigenvalue weighted by molar-refractivity contribution is 0.564. The smallest absolute Gasteiger partial charge is 0.260 e. The molecule has 0 radical (unpaired) electrons. The van der Waals surface area contributed by atoms with Gasteiger partial charge in [0.15, 0.2) is 5.03 Å². The number of benzene rings is 1. The fourth-order valence-electron chi connectivity index (χ4n) is 2.05. The van der Waals surface area contributed by atoms with Crippen LogP contribution in [0, 0.1) is 6.92 Å². The van der Waals surface area contributed by atoms with Gasteiger partial charge in [0.05, 0.1) is 6.04 Å². The van der Waals surface area contributed by atoms with E-state index in [0.717, 1.165) is 5.56 Å². The average Bonchev–Trinajstić information content (AvgIpc) is 2.87. The molecule has 0 aliphatic heterocycles. The van der Waals surface area contributed by atoms with Crippen molar-refractivity contribution in [2.24, 2.45) is 0 Å². The molecule has 114 valence electrons. The van der Waals surface area contributed by atoms with E-state index in [9.17, 15) is 8.42 Å². The summed E-state index contributed by atoms with van der Waals surface area (Å²) in [5.41, 5.74) is 0.822. The number of sulfonamides is 1. The third-order valence-corrected chi connectivity index (χ3v) is 4.87. The predicted molar refractivity (Wildman–Crippen MR) is 82.9 cm³/mol. The molecule has 0 amide bonds. The largest absolute Gasteiger partial charge is 0.334 e. The van der Waals surface area contributed by atoms with E-state index in [2.05, 4.69) is 9.71 Å². The van der Waals surface area contributed by atoms with Crippen LogP contribution in [-0.2, 0) is 16.6 Å². The molecule has 1 unspecified atom stereocenters. The zero-order valence-corrected chi connectivity index (χ0v) is 13.5. The Hall–Kier alpha value is -1.37. The van der Waals surface area contributed by atoms with E-state index in [0.29, 0.717) is 12.4 Å². The van der Waals surface area contributed by atoms with Crippen molar-refractivity contribution in [2.75, 3.05) is 5.88 Å². The highest BCUT2D eigenvalue weighted by Crippen LogP contribution is 2.18. The number of aryl methyl sites for hydroxylation is 2.